The standard InChI is InChI=1S/C23H33NO2Si/c1-23(2,3)27(5,6)21(22(25)26-4)20(19-15-11-8-12-16-19)24-17-18-13-9-7-10-14-18/h7-16,20-21,24H,17H2,1-6H3/t20-,21+/m0/s1. The Bertz CT molecular complexity index is 723. The molecule has 3 nitrogen and oxygen atoms in total. The molecule has 0 aromatic heterocycles. The Labute approximate surface area is 165 Å². The first kappa shape index (κ1) is 21.4. The number of esters is 1. The second-order valence-corrected chi connectivity index (χ2v) is 14.3. The molecule has 2 aromatic carbocycles. The number of hydrogen-bond acceptors (Lipinski definition) is 3. The number of carbonyl (C=O) groups is 1. The fourth-order valence-electron chi connectivity index (χ4n) is 3.35. The van der Waals surface area contributed by atoms with Crippen LogP contribution in [0.15, 0.2) is 60.7 Å². The van der Waals surface area contributed by atoms with Crippen molar-refractivity contribution in [3.63, 3.8) is 0 Å². The van der Waals surface area contributed by atoms with E-state index in [0.29, 0.717) is 6.54 Å². The smallest absolute Gasteiger partial charge is 0.307 e. The zero-order valence-electron chi connectivity index (χ0n) is 17.5. The molecule has 0 aliphatic carbocycles. The van der Waals surface area contributed by atoms with Crippen LogP contribution in [0.3, 0.4) is 0 Å². The van der Waals surface area contributed by atoms with Crippen molar-refractivity contribution >= 4 is 14.0 Å². The van der Waals surface area contributed by atoms with Gasteiger partial charge in [-0.15, -0.1) is 0 Å². The van der Waals surface area contributed by atoms with Gasteiger partial charge in [0.25, 0.3) is 0 Å². The van der Waals surface area contributed by atoms with Gasteiger partial charge in [0.15, 0.2) is 0 Å². The Morgan fingerprint density at radius 2 is 1.52 bits per heavy atom. The fourth-order valence-corrected chi connectivity index (χ4v) is 6.14. The fraction of sp³-hybridized carbons (Fsp3) is 0.435. The molecule has 0 heterocycles. The summed E-state index contributed by atoms with van der Waals surface area (Å²) in [5.74, 6) is -0.115. The number of rotatable bonds is 7. The molecule has 0 spiro atoms. The van der Waals surface area contributed by atoms with Crippen molar-refractivity contribution in [3.8, 4) is 0 Å². The summed E-state index contributed by atoms with van der Waals surface area (Å²) < 4.78 is 5.30. The van der Waals surface area contributed by atoms with Gasteiger partial charge in [0.05, 0.1) is 20.7 Å². The highest BCUT2D eigenvalue weighted by Gasteiger charge is 2.50. The third-order valence-corrected chi connectivity index (χ3v) is 12.0. The van der Waals surface area contributed by atoms with E-state index >= 15 is 0 Å². The Morgan fingerprint density at radius 1 is 1.00 bits per heavy atom. The summed E-state index contributed by atoms with van der Waals surface area (Å²) in [4.78, 5) is 13.0. The highest BCUT2D eigenvalue weighted by molar-refractivity contribution is 6.84. The molecule has 0 radical (unpaired) electrons. The number of carbonyl (C=O) groups excluding carboxylic acids is 1. The molecule has 4 heteroatoms. The Kier molecular flexibility index (Phi) is 7.01. The van der Waals surface area contributed by atoms with Gasteiger partial charge in [0.2, 0.25) is 0 Å². The van der Waals surface area contributed by atoms with Crippen molar-refractivity contribution in [1.82, 2.24) is 5.32 Å². The summed E-state index contributed by atoms with van der Waals surface area (Å²) in [5, 5.41) is 3.74. The van der Waals surface area contributed by atoms with Crippen LogP contribution in [0.1, 0.15) is 37.9 Å². The van der Waals surface area contributed by atoms with Crippen LogP contribution in [0.4, 0.5) is 0 Å². The first-order chi connectivity index (χ1) is 12.7. The summed E-state index contributed by atoms with van der Waals surface area (Å²) in [6.45, 7) is 12.0. The van der Waals surface area contributed by atoms with E-state index in [2.05, 4.69) is 63.4 Å². The van der Waals surface area contributed by atoms with Crippen LogP contribution < -0.4 is 5.32 Å². The molecule has 2 atom stereocenters. The SMILES string of the molecule is COC(=O)[C@@H]([C@@H](NCc1ccccc1)c1ccccc1)[Si](C)(C)C(C)(C)C. The van der Waals surface area contributed by atoms with Crippen LogP contribution >= 0.6 is 0 Å². The lowest BCUT2D eigenvalue weighted by Crippen LogP contribution is -2.50. The summed E-state index contributed by atoms with van der Waals surface area (Å²) in [7, 11) is -0.538. The quantitative estimate of drug-likeness (QED) is 0.502. The molecule has 2 aromatic rings. The van der Waals surface area contributed by atoms with Gasteiger partial charge in [-0.2, -0.15) is 0 Å². The van der Waals surface area contributed by atoms with E-state index in [9.17, 15) is 4.79 Å². The molecule has 0 unspecified atom stereocenters. The average molecular weight is 384 g/mol. The van der Waals surface area contributed by atoms with Gasteiger partial charge in [0.1, 0.15) is 0 Å². The number of ether oxygens (including phenoxy) is 1. The van der Waals surface area contributed by atoms with Gasteiger partial charge in [-0.25, -0.2) is 0 Å². The molecule has 2 rings (SSSR count). The minimum Gasteiger partial charge on any atom is -0.469 e. The zero-order chi connectivity index (χ0) is 20.1. The highest BCUT2D eigenvalue weighted by atomic mass is 28.3. The van der Waals surface area contributed by atoms with Crippen molar-refractivity contribution in [2.24, 2.45) is 0 Å². The van der Waals surface area contributed by atoms with Crippen LogP contribution in [0.25, 0.3) is 0 Å². The van der Waals surface area contributed by atoms with E-state index < -0.39 is 8.07 Å². The van der Waals surface area contributed by atoms with Crippen molar-refractivity contribution in [2.75, 3.05) is 7.11 Å². The topological polar surface area (TPSA) is 38.3 Å². The van der Waals surface area contributed by atoms with Crippen molar-refractivity contribution in [2.45, 2.75) is 57.0 Å². The van der Waals surface area contributed by atoms with Gasteiger partial charge in [-0.05, 0) is 16.2 Å². The molecule has 27 heavy (non-hydrogen) atoms. The van der Waals surface area contributed by atoms with E-state index in [-0.39, 0.29) is 22.6 Å². The van der Waals surface area contributed by atoms with Gasteiger partial charge in [0, 0.05) is 12.6 Å². The lowest BCUT2D eigenvalue weighted by Gasteiger charge is -2.45. The monoisotopic (exact) mass is 383 g/mol. The van der Waals surface area contributed by atoms with E-state index in [1.54, 1.807) is 0 Å². The maximum atomic E-state index is 13.0. The normalized spacial score (nSPS) is 14.4. The van der Waals surface area contributed by atoms with Gasteiger partial charge in [-0.3, -0.25) is 4.79 Å². The van der Waals surface area contributed by atoms with E-state index in [1.165, 1.54) is 12.7 Å². The molecule has 0 aliphatic heterocycles. The van der Waals surface area contributed by atoms with Crippen molar-refractivity contribution in [1.29, 1.82) is 0 Å². The third kappa shape index (κ3) is 5.08. The molecular weight excluding hydrogens is 350 g/mol. The molecule has 0 bridgehead atoms. The summed E-state index contributed by atoms with van der Waals surface area (Å²) in [6.07, 6.45) is 0. The molecule has 0 saturated carbocycles. The summed E-state index contributed by atoms with van der Waals surface area (Å²) in [5.41, 5.74) is 2.15. The third-order valence-electron chi connectivity index (χ3n) is 6.03. The summed E-state index contributed by atoms with van der Waals surface area (Å²) in [6, 6.07) is 20.5. The van der Waals surface area contributed by atoms with Gasteiger partial charge < -0.3 is 10.1 Å². The first-order valence-electron chi connectivity index (χ1n) is 9.58. The van der Waals surface area contributed by atoms with E-state index in [0.717, 1.165) is 5.56 Å². The average Bonchev–Trinajstić information content (AvgIpc) is 2.65. The maximum Gasteiger partial charge on any atom is 0.307 e. The molecule has 0 saturated heterocycles. The lowest BCUT2D eigenvalue weighted by atomic mass is 10.0. The second kappa shape index (κ2) is 8.85. The first-order valence-corrected chi connectivity index (χ1v) is 12.7. The molecule has 146 valence electrons. The van der Waals surface area contributed by atoms with Crippen molar-refractivity contribution < 1.29 is 9.53 Å². The van der Waals surface area contributed by atoms with Crippen LogP contribution in [0.5, 0.6) is 0 Å². The Hall–Kier alpha value is -1.91. The number of benzene rings is 2. The summed E-state index contributed by atoms with van der Waals surface area (Å²) >= 11 is 0. The van der Waals surface area contributed by atoms with E-state index in [4.69, 9.17) is 4.74 Å². The molecule has 0 amide bonds. The second-order valence-electron chi connectivity index (χ2n) is 8.73. The predicted octanol–water partition coefficient (Wildman–Crippen LogP) is 5.57. The molecule has 0 aliphatic rings. The van der Waals surface area contributed by atoms with Crippen LogP contribution in [-0.4, -0.2) is 21.2 Å². The van der Waals surface area contributed by atoms with E-state index in [1.807, 2.05) is 36.4 Å². The minimum atomic E-state index is -2.04. The molecular formula is C23H33NO2Si. The van der Waals surface area contributed by atoms with Crippen molar-refractivity contribution in [3.05, 3.63) is 71.8 Å². The maximum absolute atomic E-state index is 13.0. The zero-order valence-corrected chi connectivity index (χ0v) is 18.5. The van der Waals surface area contributed by atoms with Crippen LogP contribution in [0, 0.1) is 0 Å². The highest BCUT2D eigenvalue weighted by Crippen LogP contribution is 2.49. The van der Waals surface area contributed by atoms with Gasteiger partial charge >= 0.3 is 5.97 Å². The lowest BCUT2D eigenvalue weighted by molar-refractivity contribution is -0.141. The van der Waals surface area contributed by atoms with Crippen LogP contribution in [0.2, 0.25) is 23.7 Å². The van der Waals surface area contributed by atoms with Crippen LogP contribution in [-0.2, 0) is 16.1 Å². The molecule has 0 fully saturated rings. The predicted molar refractivity (Wildman–Crippen MR) is 115 cm³/mol. The largest absolute Gasteiger partial charge is 0.469 e. The Morgan fingerprint density at radius 3 is 2.00 bits per heavy atom. The Balaban J connectivity index is 2.45. The number of nitrogens with one attached hydrogen (secondary N) is 1. The number of methoxy groups -OCH3 is 1. The minimum absolute atomic E-state index is 0.0628. The number of hydrogen-bond donors (Lipinski definition) is 1. The van der Waals surface area contributed by atoms with Gasteiger partial charge in [-0.1, -0.05) is 94.5 Å². The molecule has 1 N–H and O–H groups in total.